The van der Waals surface area contributed by atoms with E-state index in [0.717, 1.165) is 5.56 Å². The second kappa shape index (κ2) is 9.95. The highest BCUT2D eigenvalue weighted by atomic mass is 35.5. The summed E-state index contributed by atoms with van der Waals surface area (Å²) >= 11 is 7.23. The molecule has 2 aromatic carbocycles. The predicted molar refractivity (Wildman–Crippen MR) is 113 cm³/mol. The topological polar surface area (TPSA) is 88.2 Å². The summed E-state index contributed by atoms with van der Waals surface area (Å²) < 4.78 is 0. The number of hydrogen-bond acceptors (Lipinski definition) is 5. The van der Waals surface area contributed by atoms with Crippen LogP contribution < -0.4 is 10.6 Å². The molecule has 0 spiro atoms. The van der Waals surface area contributed by atoms with Gasteiger partial charge in [0.05, 0.1) is 6.54 Å². The van der Waals surface area contributed by atoms with Crippen LogP contribution in [0.3, 0.4) is 0 Å². The van der Waals surface area contributed by atoms with E-state index in [1.807, 2.05) is 18.2 Å². The minimum absolute atomic E-state index is 0.173. The molecule has 8 heteroatoms. The number of halogens is 1. The van der Waals surface area contributed by atoms with E-state index in [0.29, 0.717) is 46.1 Å². The standard InChI is InChI=1S/C21H18ClN3O3S/c22-16-6-3-4-14(10-16)8-9-23-21(28)18-13-29-19(25-18)11-24-20(27)17-7-2-1-5-15(17)12-26/h1-7,10,12-13H,8-9,11H2,(H,23,28)(H,24,27). The van der Waals surface area contributed by atoms with Crippen LogP contribution >= 0.6 is 22.9 Å². The summed E-state index contributed by atoms with van der Waals surface area (Å²) in [5.74, 6) is -0.637. The highest BCUT2D eigenvalue weighted by Gasteiger charge is 2.13. The van der Waals surface area contributed by atoms with Gasteiger partial charge >= 0.3 is 0 Å². The quantitative estimate of drug-likeness (QED) is 0.538. The Balaban J connectivity index is 1.50. The van der Waals surface area contributed by atoms with Gasteiger partial charge in [-0.1, -0.05) is 41.9 Å². The molecule has 1 heterocycles. The van der Waals surface area contributed by atoms with Crippen LogP contribution in [-0.2, 0) is 13.0 Å². The lowest BCUT2D eigenvalue weighted by molar-refractivity contribution is 0.0943. The number of aromatic nitrogens is 1. The molecule has 0 aliphatic rings. The van der Waals surface area contributed by atoms with Gasteiger partial charge in [-0.25, -0.2) is 4.98 Å². The lowest BCUT2D eigenvalue weighted by Crippen LogP contribution is -2.26. The molecule has 0 unspecified atom stereocenters. The number of rotatable bonds is 8. The Morgan fingerprint density at radius 3 is 2.69 bits per heavy atom. The third kappa shape index (κ3) is 5.73. The third-order valence-electron chi connectivity index (χ3n) is 4.11. The summed E-state index contributed by atoms with van der Waals surface area (Å²) in [6.45, 7) is 0.637. The summed E-state index contributed by atoms with van der Waals surface area (Å²) in [4.78, 5) is 39.8. The fourth-order valence-corrected chi connectivity index (χ4v) is 3.58. The Bertz CT molecular complexity index is 1040. The van der Waals surface area contributed by atoms with Crippen LogP contribution in [0.1, 0.15) is 41.8 Å². The van der Waals surface area contributed by atoms with Gasteiger partial charge in [0.15, 0.2) is 6.29 Å². The monoisotopic (exact) mass is 427 g/mol. The molecule has 0 fully saturated rings. The normalized spacial score (nSPS) is 10.4. The molecule has 2 amide bonds. The van der Waals surface area contributed by atoms with Crippen LogP contribution in [0.25, 0.3) is 0 Å². The Hall–Kier alpha value is -3.03. The number of amides is 2. The van der Waals surface area contributed by atoms with E-state index in [2.05, 4.69) is 15.6 Å². The van der Waals surface area contributed by atoms with E-state index >= 15 is 0 Å². The molecular weight excluding hydrogens is 410 g/mol. The summed E-state index contributed by atoms with van der Waals surface area (Å²) in [5, 5.41) is 8.45. The van der Waals surface area contributed by atoms with Crippen molar-refractivity contribution in [1.29, 1.82) is 0 Å². The van der Waals surface area contributed by atoms with E-state index in [9.17, 15) is 14.4 Å². The van der Waals surface area contributed by atoms with Gasteiger partial charge in [-0.05, 0) is 30.2 Å². The number of nitrogens with one attached hydrogen (secondary N) is 2. The molecule has 29 heavy (non-hydrogen) atoms. The van der Waals surface area contributed by atoms with Crippen molar-refractivity contribution in [2.75, 3.05) is 6.54 Å². The Morgan fingerprint density at radius 1 is 1.07 bits per heavy atom. The number of nitrogens with zero attached hydrogens (tertiary/aromatic N) is 1. The van der Waals surface area contributed by atoms with Gasteiger partial charge in [0, 0.05) is 28.1 Å². The van der Waals surface area contributed by atoms with Crippen LogP contribution in [0, 0.1) is 0 Å². The van der Waals surface area contributed by atoms with Gasteiger partial charge in [-0.2, -0.15) is 0 Å². The van der Waals surface area contributed by atoms with Crippen LogP contribution in [0.15, 0.2) is 53.9 Å². The molecule has 0 saturated heterocycles. The predicted octanol–water partition coefficient (Wildman–Crippen LogP) is 3.51. The highest BCUT2D eigenvalue weighted by Crippen LogP contribution is 2.12. The number of carbonyl (C=O) groups excluding carboxylic acids is 3. The molecule has 148 valence electrons. The number of hydrogen-bond donors (Lipinski definition) is 2. The fourth-order valence-electron chi connectivity index (χ4n) is 2.66. The van der Waals surface area contributed by atoms with E-state index in [1.165, 1.54) is 11.3 Å². The van der Waals surface area contributed by atoms with Crippen LogP contribution in [-0.4, -0.2) is 29.6 Å². The zero-order valence-corrected chi connectivity index (χ0v) is 16.9. The van der Waals surface area contributed by atoms with Crippen molar-refractivity contribution in [1.82, 2.24) is 15.6 Å². The van der Waals surface area contributed by atoms with Gasteiger partial charge in [-0.15, -0.1) is 11.3 Å². The number of aldehydes is 1. The number of benzene rings is 2. The SMILES string of the molecule is O=Cc1ccccc1C(=O)NCc1nc(C(=O)NCCc2cccc(Cl)c2)cs1. The third-order valence-corrected chi connectivity index (χ3v) is 5.19. The maximum absolute atomic E-state index is 12.3. The molecule has 0 atom stereocenters. The number of thiazole rings is 1. The molecule has 0 radical (unpaired) electrons. The molecule has 2 N–H and O–H groups in total. The summed E-state index contributed by atoms with van der Waals surface area (Å²) in [5.41, 5.74) is 1.97. The summed E-state index contributed by atoms with van der Waals surface area (Å²) in [6, 6.07) is 14.0. The second-order valence-corrected chi connectivity index (χ2v) is 7.53. The molecular formula is C21H18ClN3O3S. The molecule has 1 aromatic heterocycles. The highest BCUT2D eigenvalue weighted by molar-refractivity contribution is 7.09. The van der Waals surface area contributed by atoms with E-state index in [1.54, 1.807) is 35.7 Å². The molecule has 3 aromatic rings. The molecule has 0 saturated carbocycles. The van der Waals surface area contributed by atoms with E-state index < -0.39 is 0 Å². The largest absolute Gasteiger partial charge is 0.350 e. The first-order valence-electron chi connectivity index (χ1n) is 8.86. The molecule has 6 nitrogen and oxygen atoms in total. The summed E-state index contributed by atoms with van der Waals surface area (Å²) in [6.07, 6.45) is 1.31. The van der Waals surface area contributed by atoms with Crippen LogP contribution in [0.4, 0.5) is 0 Å². The first kappa shape index (κ1) is 20.7. The van der Waals surface area contributed by atoms with E-state index in [-0.39, 0.29) is 18.4 Å². The van der Waals surface area contributed by atoms with Crippen molar-refractivity contribution in [2.45, 2.75) is 13.0 Å². The first-order chi connectivity index (χ1) is 14.1. The second-order valence-electron chi connectivity index (χ2n) is 6.15. The zero-order chi connectivity index (χ0) is 20.6. The molecule has 0 aliphatic heterocycles. The molecule has 0 aliphatic carbocycles. The minimum atomic E-state index is -0.365. The van der Waals surface area contributed by atoms with Crippen molar-refractivity contribution in [3.63, 3.8) is 0 Å². The molecule has 0 bridgehead atoms. The Labute approximate surface area is 176 Å². The maximum Gasteiger partial charge on any atom is 0.270 e. The summed E-state index contributed by atoms with van der Waals surface area (Å²) in [7, 11) is 0. The number of carbonyl (C=O) groups is 3. The van der Waals surface area contributed by atoms with Crippen LogP contribution in [0.5, 0.6) is 0 Å². The van der Waals surface area contributed by atoms with Gasteiger partial charge in [-0.3, -0.25) is 14.4 Å². The fraction of sp³-hybridized carbons (Fsp3) is 0.143. The maximum atomic E-state index is 12.3. The van der Waals surface area contributed by atoms with Gasteiger partial charge in [0.25, 0.3) is 11.8 Å². The first-order valence-corrected chi connectivity index (χ1v) is 10.1. The van der Waals surface area contributed by atoms with Crippen molar-refractivity contribution in [3.05, 3.63) is 86.3 Å². The average Bonchev–Trinajstić information content (AvgIpc) is 3.21. The molecule has 3 rings (SSSR count). The average molecular weight is 428 g/mol. The lowest BCUT2D eigenvalue weighted by atomic mass is 10.1. The van der Waals surface area contributed by atoms with E-state index in [4.69, 9.17) is 11.6 Å². The van der Waals surface area contributed by atoms with Crippen molar-refractivity contribution >= 4 is 41.0 Å². The van der Waals surface area contributed by atoms with Crippen molar-refractivity contribution in [3.8, 4) is 0 Å². The Kier molecular flexibility index (Phi) is 7.10. The zero-order valence-electron chi connectivity index (χ0n) is 15.4. The van der Waals surface area contributed by atoms with Crippen LogP contribution in [0.2, 0.25) is 5.02 Å². The minimum Gasteiger partial charge on any atom is -0.350 e. The van der Waals surface area contributed by atoms with Gasteiger partial charge in [0.2, 0.25) is 0 Å². The van der Waals surface area contributed by atoms with Crippen molar-refractivity contribution in [2.24, 2.45) is 0 Å². The lowest BCUT2D eigenvalue weighted by Gasteiger charge is -2.05. The van der Waals surface area contributed by atoms with Crippen molar-refractivity contribution < 1.29 is 14.4 Å². The Morgan fingerprint density at radius 2 is 1.90 bits per heavy atom. The van der Waals surface area contributed by atoms with Gasteiger partial charge < -0.3 is 10.6 Å². The smallest absolute Gasteiger partial charge is 0.270 e. The van der Waals surface area contributed by atoms with Gasteiger partial charge in [0.1, 0.15) is 10.7 Å².